The fourth-order valence-electron chi connectivity index (χ4n) is 1.36. The van der Waals surface area contributed by atoms with Crippen molar-refractivity contribution in [3.8, 4) is 5.75 Å². The van der Waals surface area contributed by atoms with Crippen LogP contribution in [-0.2, 0) is 0 Å². The number of halogens is 1. The Bertz CT molecular complexity index is 658. The lowest BCUT2D eigenvalue weighted by molar-refractivity contribution is -0.385. The van der Waals surface area contributed by atoms with Crippen molar-refractivity contribution in [1.29, 1.82) is 0 Å². The van der Waals surface area contributed by atoms with Crippen LogP contribution < -0.4 is 5.43 Å². The maximum absolute atomic E-state index is 10.5. The lowest BCUT2D eigenvalue weighted by Gasteiger charge is -2.00. The van der Waals surface area contributed by atoms with Gasteiger partial charge in [0.25, 0.3) is 5.69 Å². The first kappa shape index (κ1) is 13.9. The van der Waals surface area contributed by atoms with Crippen LogP contribution in [0.5, 0.6) is 5.75 Å². The number of phenolic OH excluding ortho intramolecular Hbond substituents is 1. The normalized spacial score (nSPS) is 10.7. The van der Waals surface area contributed by atoms with E-state index in [1.54, 1.807) is 12.1 Å². The number of phenols is 1. The number of nitrogens with zero attached hydrogens (tertiary/aromatic N) is 3. The van der Waals surface area contributed by atoms with E-state index in [0.717, 1.165) is 10.7 Å². The highest BCUT2D eigenvalue weighted by molar-refractivity contribution is 9.10. The van der Waals surface area contributed by atoms with E-state index in [0.29, 0.717) is 11.4 Å². The largest absolute Gasteiger partial charge is 0.507 e. The van der Waals surface area contributed by atoms with Crippen molar-refractivity contribution in [1.82, 2.24) is 4.98 Å². The number of aromatic nitrogens is 1. The summed E-state index contributed by atoms with van der Waals surface area (Å²) in [6.07, 6.45) is 2.55. The zero-order valence-corrected chi connectivity index (χ0v) is 11.6. The van der Waals surface area contributed by atoms with E-state index in [1.165, 1.54) is 24.4 Å². The highest BCUT2D eigenvalue weighted by Gasteiger charge is 2.04. The van der Waals surface area contributed by atoms with Crippen LogP contribution in [0.1, 0.15) is 5.56 Å². The van der Waals surface area contributed by atoms with E-state index in [2.05, 4.69) is 31.4 Å². The van der Waals surface area contributed by atoms with Gasteiger partial charge >= 0.3 is 0 Å². The molecule has 0 radical (unpaired) electrons. The lowest BCUT2D eigenvalue weighted by Crippen LogP contribution is -1.95. The summed E-state index contributed by atoms with van der Waals surface area (Å²) in [7, 11) is 0. The van der Waals surface area contributed by atoms with E-state index in [1.807, 2.05) is 0 Å². The highest BCUT2D eigenvalue weighted by atomic mass is 79.9. The van der Waals surface area contributed by atoms with E-state index in [4.69, 9.17) is 0 Å². The summed E-state index contributed by atoms with van der Waals surface area (Å²) in [6, 6.07) is 7.70. The number of hydrogen-bond acceptors (Lipinski definition) is 6. The van der Waals surface area contributed by atoms with Crippen LogP contribution in [0.4, 0.5) is 11.5 Å². The van der Waals surface area contributed by atoms with Crippen molar-refractivity contribution in [3.63, 3.8) is 0 Å². The van der Waals surface area contributed by atoms with Gasteiger partial charge < -0.3 is 5.11 Å². The Hall–Kier alpha value is -2.48. The molecule has 1 aromatic heterocycles. The van der Waals surface area contributed by atoms with Gasteiger partial charge in [-0.2, -0.15) is 5.10 Å². The van der Waals surface area contributed by atoms with Gasteiger partial charge in [-0.3, -0.25) is 15.5 Å². The van der Waals surface area contributed by atoms with E-state index < -0.39 is 4.92 Å². The second kappa shape index (κ2) is 6.11. The molecule has 2 aromatic rings. The highest BCUT2D eigenvalue weighted by Crippen LogP contribution is 2.20. The van der Waals surface area contributed by atoms with Crippen LogP contribution in [0, 0.1) is 10.1 Å². The smallest absolute Gasteiger partial charge is 0.287 e. The molecule has 8 heteroatoms. The first-order chi connectivity index (χ1) is 9.56. The van der Waals surface area contributed by atoms with Crippen molar-refractivity contribution < 1.29 is 10.0 Å². The molecule has 0 spiro atoms. The molecule has 2 N–H and O–H groups in total. The predicted molar refractivity (Wildman–Crippen MR) is 77.9 cm³/mol. The van der Waals surface area contributed by atoms with Gasteiger partial charge in [-0.15, -0.1) is 0 Å². The number of hydrogen-bond donors (Lipinski definition) is 2. The Kier molecular flexibility index (Phi) is 4.26. The molecule has 0 saturated heterocycles. The standard InChI is InChI=1S/C12H9BrN4O3/c13-9-1-3-11(18)8(5-9)6-15-16-12-4-2-10(7-14-12)17(19)20/h1-7,18H,(H,14,16). The summed E-state index contributed by atoms with van der Waals surface area (Å²) in [5, 5.41) is 24.0. The quantitative estimate of drug-likeness (QED) is 0.507. The second-order valence-electron chi connectivity index (χ2n) is 3.73. The number of aromatic hydroxyl groups is 1. The zero-order valence-electron chi connectivity index (χ0n) is 10.0. The number of nitro groups is 1. The fraction of sp³-hybridized carbons (Fsp3) is 0. The molecule has 20 heavy (non-hydrogen) atoms. The van der Waals surface area contributed by atoms with E-state index in [-0.39, 0.29) is 11.4 Å². The van der Waals surface area contributed by atoms with Crippen molar-refractivity contribution in [3.05, 3.63) is 56.7 Å². The third-order valence-electron chi connectivity index (χ3n) is 2.33. The molecule has 0 bridgehead atoms. The molecule has 7 nitrogen and oxygen atoms in total. The summed E-state index contributed by atoms with van der Waals surface area (Å²) >= 11 is 3.29. The Morgan fingerprint density at radius 3 is 2.85 bits per heavy atom. The summed E-state index contributed by atoms with van der Waals surface area (Å²) in [5.41, 5.74) is 3.04. The van der Waals surface area contributed by atoms with Gasteiger partial charge in [0.1, 0.15) is 17.8 Å². The third kappa shape index (κ3) is 3.51. The topological polar surface area (TPSA) is 101 Å². The fourth-order valence-corrected chi connectivity index (χ4v) is 1.74. The molecule has 0 aliphatic heterocycles. The first-order valence-electron chi connectivity index (χ1n) is 5.44. The molecule has 0 aliphatic rings. The van der Waals surface area contributed by atoms with Gasteiger partial charge in [-0.1, -0.05) is 15.9 Å². The molecular formula is C12H9BrN4O3. The van der Waals surface area contributed by atoms with Gasteiger partial charge in [0, 0.05) is 16.1 Å². The maximum atomic E-state index is 10.5. The summed E-state index contributed by atoms with van der Waals surface area (Å²) in [6.45, 7) is 0. The summed E-state index contributed by atoms with van der Waals surface area (Å²) in [4.78, 5) is 13.8. The van der Waals surface area contributed by atoms with Crippen LogP contribution >= 0.6 is 15.9 Å². The van der Waals surface area contributed by atoms with Crippen LogP contribution in [0.25, 0.3) is 0 Å². The Morgan fingerprint density at radius 2 is 2.20 bits per heavy atom. The minimum atomic E-state index is -0.528. The summed E-state index contributed by atoms with van der Waals surface area (Å²) < 4.78 is 0.810. The van der Waals surface area contributed by atoms with Crippen LogP contribution in [0.3, 0.4) is 0 Å². The minimum absolute atomic E-state index is 0.0930. The van der Waals surface area contributed by atoms with Gasteiger partial charge in [0.05, 0.1) is 11.1 Å². The van der Waals surface area contributed by atoms with Crippen molar-refractivity contribution >= 4 is 33.6 Å². The molecule has 0 amide bonds. The van der Waals surface area contributed by atoms with Gasteiger partial charge in [-0.25, -0.2) is 4.98 Å². The maximum Gasteiger partial charge on any atom is 0.287 e. The van der Waals surface area contributed by atoms with Crippen molar-refractivity contribution in [2.24, 2.45) is 5.10 Å². The molecule has 1 aromatic carbocycles. The Balaban J connectivity index is 2.06. The van der Waals surface area contributed by atoms with Crippen LogP contribution in [0.15, 0.2) is 46.1 Å². The van der Waals surface area contributed by atoms with Crippen molar-refractivity contribution in [2.75, 3.05) is 5.43 Å². The Labute approximate surface area is 122 Å². The van der Waals surface area contributed by atoms with Gasteiger partial charge in [0.15, 0.2) is 0 Å². The molecule has 2 rings (SSSR count). The van der Waals surface area contributed by atoms with E-state index >= 15 is 0 Å². The monoisotopic (exact) mass is 336 g/mol. The predicted octanol–water partition coefficient (Wildman–Crippen LogP) is 2.90. The lowest BCUT2D eigenvalue weighted by atomic mass is 10.2. The molecule has 0 atom stereocenters. The van der Waals surface area contributed by atoms with Crippen LogP contribution in [-0.4, -0.2) is 21.2 Å². The number of pyridine rings is 1. The molecule has 0 unspecified atom stereocenters. The number of anilines is 1. The minimum Gasteiger partial charge on any atom is -0.507 e. The molecular weight excluding hydrogens is 328 g/mol. The second-order valence-corrected chi connectivity index (χ2v) is 4.65. The SMILES string of the molecule is O=[N+]([O-])c1ccc(NN=Cc2cc(Br)ccc2O)nc1. The molecule has 0 saturated carbocycles. The summed E-state index contributed by atoms with van der Waals surface area (Å²) in [5.74, 6) is 0.455. The molecule has 102 valence electrons. The van der Waals surface area contributed by atoms with Crippen LogP contribution in [0.2, 0.25) is 0 Å². The van der Waals surface area contributed by atoms with Crippen molar-refractivity contribution in [2.45, 2.75) is 0 Å². The molecule has 0 aliphatic carbocycles. The Morgan fingerprint density at radius 1 is 1.40 bits per heavy atom. The number of benzene rings is 1. The van der Waals surface area contributed by atoms with Gasteiger partial charge in [-0.05, 0) is 24.3 Å². The number of nitrogens with one attached hydrogen (secondary N) is 1. The van der Waals surface area contributed by atoms with E-state index in [9.17, 15) is 15.2 Å². The molecule has 1 heterocycles. The first-order valence-corrected chi connectivity index (χ1v) is 6.23. The average molecular weight is 337 g/mol. The third-order valence-corrected chi connectivity index (χ3v) is 2.82. The number of rotatable bonds is 4. The number of hydrazone groups is 1. The van der Waals surface area contributed by atoms with Gasteiger partial charge in [0.2, 0.25) is 0 Å². The average Bonchev–Trinajstić information content (AvgIpc) is 2.43. The zero-order chi connectivity index (χ0) is 14.5. The molecule has 0 fully saturated rings.